The lowest BCUT2D eigenvalue weighted by molar-refractivity contribution is -0.127. The minimum Gasteiger partial charge on any atom is -0.341 e. The van der Waals surface area contributed by atoms with Crippen LogP contribution in [0.3, 0.4) is 0 Å². The van der Waals surface area contributed by atoms with E-state index < -0.39 is 0 Å². The zero-order valence-corrected chi connectivity index (χ0v) is 12.3. The van der Waals surface area contributed by atoms with Gasteiger partial charge in [0.05, 0.1) is 5.75 Å². The highest BCUT2D eigenvalue weighted by Crippen LogP contribution is 2.21. The maximum Gasteiger partial charge on any atom is 0.232 e. The fourth-order valence-electron chi connectivity index (χ4n) is 2.07. The lowest BCUT2D eigenvalue weighted by atomic mass is 10.2. The summed E-state index contributed by atoms with van der Waals surface area (Å²) in [5.74, 6) is 1.83. The second-order valence-corrected chi connectivity index (χ2v) is 6.59. The summed E-state index contributed by atoms with van der Waals surface area (Å²) < 4.78 is 0. The second-order valence-electron chi connectivity index (χ2n) is 4.46. The maximum atomic E-state index is 12.0. The van der Waals surface area contributed by atoms with Crippen molar-refractivity contribution in [1.29, 1.82) is 0 Å². The van der Waals surface area contributed by atoms with E-state index in [2.05, 4.69) is 18.4 Å². The normalized spacial score (nSPS) is 19.2. The van der Waals surface area contributed by atoms with E-state index in [9.17, 15) is 4.79 Å². The molecule has 2 rings (SSSR count). The highest BCUT2D eigenvalue weighted by molar-refractivity contribution is 7.99. The van der Waals surface area contributed by atoms with Crippen LogP contribution in [-0.2, 0) is 10.5 Å². The molecule has 0 spiro atoms. The van der Waals surface area contributed by atoms with Gasteiger partial charge in [-0.2, -0.15) is 11.8 Å². The first-order valence-electron chi connectivity index (χ1n) is 6.22. The van der Waals surface area contributed by atoms with E-state index in [0.29, 0.717) is 16.9 Å². The second kappa shape index (κ2) is 7.10. The van der Waals surface area contributed by atoms with Gasteiger partial charge in [-0.3, -0.25) is 4.79 Å². The van der Waals surface area contributed by atoms with Gasteiger partial charge in [-0.1, -0.05) is 30.3 Å². The Kier molecular flexibility index (Phi) is 5.45. The molecule has 1 aromatic rings. The Hall–Kier alpha value is -0.610. The molecule has 1 aliphatic heterocycles. The fraction of sp³-hybridized carbons (Fsp3) is 0.500. The average Bonchev–Trinajstić information content (AvgIpc) is 2.89. The molecule has 1 aliphatic rings. The van der Waals surface area contributed by atoms with Crippen LogP contribution in [0.15, 0.2) is 30.3 Å². The van der Waals surface area contributed by atoms with E-state index in [-0.39, 0.29) is 0 Å². The molecule has 98 valence electrons. The molecular weight excluding hydrogens is 262 g/mol. The SMILES string of the molecule is CSC1CCN(C(=O)CSCc2ccccc2)C1. The molecule has 0 aromatic heterocycles. The van der Waals surface area contributed by atoms with Crippen LogP contribution < -0.4 is 0 Å². The molecular formula is C14H19NOS2. The Morgan fingerprint density at radius 1 is 1.39 bits per heavy atom. The van der Waals surface area contributed by atoms with Gasteiger partial charge in [0.25, 0.3) is 0 Å². The predicted molar refractivity (Wildman–Crippen MR) is 81.1 cm³/mol. The number of rotatable bonds is 5. The van der Waals surface area contributed by atoms with E-state index in [1.807, 2.05) is 34.9 Å². The van der Waals surface area contributed by atoms with E-state index in [4.69, 9.17) is 0 Å². The van der Waals surface area contributed by atoms with Crippen LogP contribution in [0.5, 0.6) is 0 Å². The smallest absolute Gasteiger partial charge is 0.232 e. The van der Waals surface area contributed by atoms with Crippen molar-refractivity contribution in [2.45, 2.75) is 17.4 Å². The molecule has 1 heterocycles. The quantitative estimate of drug-likeness (QED) is 0.828. The van der Waals surface area contributed by atoms with Gasteiger partial charge in [0.2, 0.25) is 5.91 Å². The Morgan fingerprint density at radius 2 is 2.17 bits per heavy atom. The number of benzene rings is 1. The molecule has 18 heavy (non-hydrogen) atoms. The number of carbonyl (C=O) groups is 1. The van der Waals surface area contributed by atoms with Gasteiger partial charge in [0, 0.05) is 24.1 Å². The third kappa shape index (κ3) is 3.95. The van der Waals surface area contributed by atoms with Gasteiger partial charge in [-0.15, -0.1) is 11.8 Å². The maximum absolute atomic E-state index is 12.0. The number of hydrogen-bond donors (Lipinski definition) is 0. The monoisotopic (exact) mass is 281 g/mol. The first-order chi connectivity index (χ1) is 8.79. The highest BCUT2D eigenvalue weighted by atomic mass is 32.2. The molecule has 1 aromatic carbocycles. The predicted octanol–water partition coefficient (Wildman–Crippen LogP) is 2.88. The van der Waals surface area contributed by atoms with Crippen LogP contribution in [0, 0.1) is 0 Å². The summed E-state index contributed by atoms with van der Waals surface area (Å²) in [6.07, 6.45) is 3.28. The van der Waals surface area contributed by atoms with E-state index >= 15 is 0 Å². The van der Waals surface area contributed by atoms with Crippen LogP contribution in [0.2, 0.25) is 0 Å². The summed E-state index contributed by atoms with van der Waals surface area (Å²) in [6.45, 7) is 1.88. The van der Waals surface area contributed by atoms with Crippen molar-refractivity contribution in [3.63, 3.8) is 0 Å². The van der Waals surface area contributed by atoms with Gasteiger partial charge in [0.15, 0.2) is 0 Å². The summed E-state index contributed by atoms with van der Waals surface area (Å²) in [5.41, 5.74) is 1.29. The molecule has 0 aliphatic carbocycles. The minimum atomic E-state index is 0.299. The Morgan fingerprint density at radius 3 is 2.83 bits per heavy atom. The molecule has 4 heteroatoms. The zero-order valence-electron chi connectivity index (χ0n) is 10.7. The van der Waals surface area contributed by atoms with E-state index in [0.717, 1.165) is 25.3 Å². The highest BCUT2D eigenvalue weighted by Gasteiger charge is 2.24. The number of thioether (sulfide) groups is 2. The van der Waals surface area contributed by atoms with Crippen LogP contribution in [-0.4, -0.2) is 41.2 Å². The van der Waals surface area contributed by atoms with Crippen molar-refractivity contribution < 1.29 is 4.79 Å². The minimum absolute atomic E-state index is 0.299. The average molecular weight is 281 g/mol. The zero-order chi connectivity index (χ0) is 12.8. The van der Waals surface area contributed by atoms with Crippen LogP contribution in [0.4, 0.5) is 0 Å². The summed E-state index contributed by atoms with van der Waals surface area (Å²) in [5, 5.41) is 0.646. The molecule has 0 saturated carbocycles. The lowest BCUT2D eigenvalue weighted by Crippen LogP contribution is -2.30. The molecule has 1 atom stereocenters. The van der Waals surface area contributed by atoms with Gasteiger partial charge < -0.3 is 4.90 Å². The summed E-state index contributed by atoms with van der Waals surface area (Å²) in [6, 6.07) is 10.3. The van der Waals surface area contributed by atoms with Crippen molar-refractivity contribution in [1.82, 2.24) is 4.90 Å². The molecule has 1 fully saturated rings. The standard InChI is InChI=1S/C14H19NOS2/c1-17-13-7-8-15(9-13)14(16)11-18-10-12-5-3-2-4-6-12/h2-6,13H,7-11H2,1H3. The van der Waals surface area contributed by atoms with Crippen molar-refractivity contribution in [3.05, 3.63) is 35.9 Å². The van der Waals surface area contributed by atoms with Gasteiger partial charge in [-0.05, 0) is 18.2 Å². The molecule has 0 bridgehead atoms. The summed E-state index contributed by atoms with van der Waals surface area (Å²) >= 11 is 3.59. The third-order valence-electron chi connectivity index (χ3n) is 3.17. The van der Waals surface area contributed by atoms with Gasteiger partial charge >= 0.3 is 0 Å². The summed E-state index contributed by atoms with van der Waals surface area (Å²) in [7, 11) is 0. The number of nitrogens with zero attached hydrogens (tertiary/aromatic N) is 1. The fourth-order valence-corrected chi connectivity index (χ4v) is 3.63. The third-order valence-corrected chi connectivity index (χ3v) is 5.21. The van der Waals surface area contributed by atoms with E-state index in [1.165, 1.54) is 5.56 Å². The molecule has 1 amide bonds. The molecule has 0 N–H and O–H groups in total. The van der Waals surface area contributed by atoms with Gasteiger partial charge in [0.1, 0.15) is 0 Å². The Labute approximate surface area is 118 Å². The van der Waals surface area contributed by atoms with Crippen LogP contribution >= 0.6 is 23.5 Å². The van der Waals surface area contributed by atoms with Crippen molar-refractivity contribution >= 4 is 29.4 Å². The number of amides is 1. The van der Waals surface area contributed by atoms with Crippen molar-refractivity contribution in [2.24, 2.45) is 0 Å². The Balaban J connectivity index is 1.69. The molecule has 0 radical (unpaired) electrons. The summed E-state index contributed by atoms with van der Waals surface area (Å²) in [4.78, 5) is 14.0. The van der Waals surface area contributed by atoms with Crippen molar-refractivity contribution in [3.8, 4) is 0 Å². The first-order valence-corrected chi connectivity index (χ1v) is 8.66. The van der Waals surface area contributed by atoms with Crippen LogP contribution in [0.1, 0.15) is 12.0 Å². The Bertz CT molecular complexity index is 383. The van der Waals surface area contributed by atoms with E-state index in [1.54, 1.807) is 11.8 Å². The molecule has 1 unspecified atom stereocenters. The lowest BCUT2D eigenvalue weighted by Gasteiger charge is -2.15. The van der Waals surface area contributed by atoms with Crippen LogP contribution in [0.25, 0.3) is 0 Å². The topological polar surface area (TPSA) is 20.3 Å². The molecule has 1 saturated heterocycles. The number of carbonyl (C=O) groups excluding carboxylic acids is 1. The number of hydrogen-bond acceptors (Lipinski definition) is 3. The number of likely N-dealkylation sites (tertiary alicyclic amines) is 1. The molecule has 2 nitrogen and oxygen atoms in total. The van der Waals surface area contributed by atoms with Crippen molar-refractivity contribution in [2.75, 3.05) is 25.1 Å². The largest absolute Gasteiger partial charge is 0.341 e. The first kappa shape index (κ1) is 13.8. The van der Waals surface area contributed by atoms with Gasteiger partial charge in [-0.25, -0.2) is 0 Å².